The van der Waals surface area contributed by atoms with E-state index in [1.165, 1.54) is 11.3 Å². The van der Waals surface area contributed by atoms with Crippen LogP contribution in [-0.2, 0) is 4.74 Å². The molecule has 2 aromatic rings. The van der Waals surface area contributed by atoms with Crippen LogP contribution in [0.5, 0.6) is 0 Å². The maximum atomic E-state index is 12.3. The van der Waals surface area contributed by atoms with Crippen LogP contribution in [0, 0.1) is 12.8 Å². The molecule has 23 heavy (non-hydrogen) atoms. The Morgan fingerprint density at radius 2 is 2.17 bits per heavy atom. The standard InChI is InChI=1S/C15H17N5O2S/c1-9-2-16-15(17-3-9)20-4-11(10-5-22-6-13(10)20)19-14(21)12-7-23-8-18-12/h2-3,7-8,10-11,13H,4-6H2,1H3,(H,19,21)/t10-,11-,13-/m1/s1. The minimum atomic E-state index is -0.131. The first kappa shape index (κ1) is 14.5. The van der Waals surface area contributed by atoms with E-state index >= 15 is 0 Å². The molecule has 4 heterocycles. The molecule has 0 aliphatic carbocycles. The monoisotopic (exact) mass is 331 g/mol. The summed E-state index contributed by atoms with van der Waals surface area (Å²) in [6, 6.07) is 0.222. The molecule has 0 spiro atoms. The lowest BCUT2D eigenvalue weighted by Gasteiger charge is -2.22. The van der Waals surface area contributed by atoms with Gasteiger partial charge in [-0.2, -0.15) is 0 Å². The van der Waals surface area contributed by atoms with Crippen LogP contribution < -0.4 is 10.2 Å². The van der Waals surface area contributed by atoms with Gasteiger partial charge in [0.05, 0.1) is 30.8 Å². The van der Waals surface area contributed by atoms with Gasteiger partial charge in [0.2, 0.25) is 5.95 Å². The number of amides is 1. The Hall–Kier alpha value is -2.06. The molecule has 7 nitrogen and oxygen atoms in total. The fraction of sp³-hybridized carbons (Fsp3) is 0.467. The van der Waals surface area contributed by atoms with Gasteiger partial charge in [-0.3, -0.25) is 4.79 Å². The molecule has 2 fully saturated rings. The topological polar surface area (TPSA) is 80.2 Å². The van der Waals surface area contributed by atoms with Crippen molar-refractivity contribution in [3.8, 4) is 0 Å². The number of hydrogen-bond acceptors (Lipinski definition) is 7. The molecule has 2 aromatic heterocycles. The highest BCUT2D eigenvalue weighted by Gasteiger charge is 2.47. The fourth-order valence-electron chi connectivity index (χ4n) is 3.23. The molecular weight excluding hydrogens is 314 g/mol. The fourth-order valence-corrected chi connectivity index (χ4v) is 3.76. The van der Waals surface area contributed by atoms with Crippen LogP contribution in [0.4, 0.5) is 5.95 Å². The predicted octanol–water partition coefficient (Wildman–Crippen LogP) is 0.875. The lowest BCUT2D eigenvalue weighted by Crippen LogP contribution is -2.41. The van der Waals surface area contributed by atoms with Crippen molar-refractivity contribution >= 4 is 23.2 Å². The van der Waals surface area contributed by atoms with E-state index in [2.05, 4.69) is 25.2 Å². The van der Waals surface area contributed by atoms with Gasteiger partial charge in [0.1, 0.15) is 5.69 Å². The quantitative estimate of drug-likeness (QED) is 0.899. The second-order valence-corrected chi connectivity index (χ2v) is 6.65. The van der Waals surface area contributed by atoms with Crippen molar-refractivity contribution < 1.29 is 9.53 Å². The summed E-state index contributed by atoms with van der Waals surface area (Å²) >= 11 is 1.42. The highest BCUT2D eigenvalue weighted by molar-refractivity contribution is 7.07. The smallest absolute Gasteiger partial charge is 0.271 e. The minimum Gasteiger partial charge on any atom is -0.379 e. The van der Waals surface area contributed by atoms with E-state index in [1.54, 1.807) is 10.9 Å². The third-order valence-corrected chi connectivity index (χ3v) is 5.00. The number of fused-ring (bicyclic) bond motifs is 1. The van der Waals surface area contributed by atoms with Crippen LogP contribution in [-0.4, -0.2) is 52.7 Å². The first-order valence-corrected chi connectivity index (χ1v) is 8.49. The van der Waals surface area contributed by atoms with Crippen molar-refractivity contribution in [3.63, 3.8) is 0 Å². The summed E-state index contributed by atoms with van der Waals surface area (Å²) in [4.78, 5) is 27.3. The molecule has 8 heteroatoms. The van der Waals surface area contributed by atoms with Crippen molar-refractivity contribution in [2.24, 2.45) is 5.92 Å². The summed E-state index contributed by atoms with van der Waals surface area (Å²) in [5.41, 5.74) is 3.16. The second-order valence-electron chi connectivity index (χ2n) is 5.94. The third-order valence-electron chi connectivity index (χ3n) is 4.41. The van der Waals surface area contributed by atoms with E-state index in [0.717, 1.165) is 5.56 Å². The summed E-state index contributed by atoms with van der Waals surface area (Å²) in [7, 11) is 0. The van der Waals surface area contributed by atoms with Crippen molar-refractivity contribution in [1.82, 2.24) is 20.3 Å². The number of carbonyl (C=O) groups excluding carboxylic acids is 1. The number of hydrogen-bond donors (Lipinski definition) is 1. The van der Waals surface area contributed by atoms with Gasteiger partial charge in [0, 0.05) is 30.2 Å². The highest BCUT2D eigenvalue weighted by Crippen LogP contribution is 2.32. The Labute approximate surface area is 137 Å². The van der Waals surface area contributed by atoms with Gasteiger partial charge in [-0.25, -0.2) is 15.0 Å². The van der Waals surface area contributed by atoms with Crippen molar-refractivity contribution in [1.29, 1.82) is 0 Å². The van der Waals surface area contributed by atoms with Crippen molar-refractivity contribution in [2.45, 2.75) is 19.0 Å². The average molecular weight is 331 g/mol. The van der Waals surface area contributed by atoms with E-state index in [0.29, 0.717) is 31.4 Å². The molecule has 0 saturated carbocycles. The maximum absolute atomic E-state index is 12.3. The van der Waals surface area contributed by atoms with Gasteiger partial charge < -0.3 is 15.0 Å². The normalized spacial score (nSPS) is 26.3. The van der Waals surface area contributed by atoms with Crippen LogP contribution in [0.25, 0.3) is 0 Å². The Kier molecular flexibility index (Phi) is 3.70. The number of aryl methyl sites for hydroxylation is 1. The van der Waals surface area contributed by atoms with Gasteiger partial charge in [-0.1, -0.05) is 0 Å². The van der Waals surface area contributed by atoms with Gasteiger partial charge >= 0.3 is 0 Å². The lowest BCUT2D eigenvalue weighted by atomic mass is 10.00. The first-order chi connectivity index (χ1) is 11.2. The number of nitrogens with one attached hydrogen (secondary N) is 1. The predicted molar refractivity (Wildman–Crippen MR) is 85.6 cm³/mol. The second kappa shape index (κ2) is 5.86. The van der Waals surface area contributed by atoms with E-state index in [4.69, 9.17) is 4.74 Å². The van der Waals surface area contributed by atoms with Crippen LogP contribution in [0.3, 0.4) is 0 Å². The number of nitrogens with zero attached hydrogens (tertiary/aromatic N) is 4. The van der Waals surface area contributed by atoms with Crippen molar-refractivity contribution in [3.05, 3.63) is 34.5 Å². The third kappa shape index (κ3) is 2.68. The molecule has 2 aliphatic heterocycles. The van der Waals surface area contributed by atoms with E-state index < -0.39 is 0 Å². The van der Waals surface area contributed by atoms with Crippen LogP contribution in [0.1, 0.15) is 16.1 Å². The van der Waals surface area contributed by atoms with E-state index in [1.807, 2.05) is 19.3 Å². The molecule has 0 unspecified atom stereocenters. The van der Waals surface area contributed by atoms with Gasteiger partial charge in [-0.15, -0.1) is 11.3 Å². The Bertz CT molecular complexity index is 690. The zero-order valence-electron chi connectivity index (χ0n) is 12.7. The molecule has 0 aromatic carbocycles. The SMILES string of the molecule is Cc1cnc(N2C[C@@H](NC(=O)c3cscn3)[C@H]3COC[C@H]32)nc1. The van der Waals surface area contributed by atoms with E-state index in [-0.39, 0.29) is 23.9 Å². The first-order valence-electron chi connectivity index (χ1n) is 7.54. The van der Waals surface area contributed by atoms with Crippen molar-refractivity contribution in [2.75, 3.05) is 24.7 Å². The lowest BCUT2D eigenvalue weighted by molar-refractivity contribution is 0.0919. The highest BCUT2D eigenvalue weighted by atomic mass is 32.1. The van der Waals surface area contributed by atoms with E-state index in [9.17, 15) is 4.79 Å². The largest absolute Gasteiger partial charge is 0.379 e. The van der Waals surface area contributed by atoms with Crippen LogP contribution in [0.2, 0.25) is 0 Å². The van der Waals surface area contributed by atoms with Gasteiger partial charge in [0.15, 0.2) is 0 Å². The van der Waals surface area contributed by atoms with Crippen LogP contribution in [0.15, 0.2) is 23.3 Å². The Morgan fingerprint density at radius 1 is 1.35 bits per heavy atom. The van der Waals surface area contributed by atoms with Gasteiger partial charge in [0.25, 0.3) is 5.91 Å². The number of anilines is 1. The molecule has 1 amide bonds. The summed E-state index contributed by atoms with van der Waals surface area (Å²) in [6.45, 7) is 3.95. The average Bonchev–Trinajstić information content (AvgIpc) is 3.27. The molecule has 3 atom stereocenters. The molecule has 0 radical (unpaired) electrons. The molecule has 120 valence electrons. The summed E-state index contributed by atoms with van der Waals surface area (Å²) in [6.07, 6.45) is 3.63. The van der Waals surface area contributed by atoms with Crippen LogP contribution >= 0.6 is 11.3 Å². The Morgan fingerprint density at radius 3 is 2.91 bits per heavy atom. The number of ether oxygens (including phenoxy) is 1. The molecular formula is C15H17N5O2S. The zero-order valence-corrected chi connectivity index (χ0v) is 13.5. The molecule has 2 aliphatic rings. The molecule has 4 rings (SSSR count). The number of thiazole rings is 1. The molecule has 2 saturated heterocycles. The molecule has 0 bridgehead atoms. The zero-order chi connectivity index (χ0) is 15.8. The number of aromatic nitrogens is 3. The van der Waals surface area contributed by atoms with Gasteiger partial charge in [-0.05, 0) is 12.5 Å². The maximum Gasteiger partial charge on any atom is 0.271 e. The number of carbonyl (C=O) groups is 1. The Balaban J connectivity index is 1.53. The minimum absolute atomic E-state index is 0.0154. The molecule has 1 N–H and O–H groups in total. The number of rotatable bonds is 3. The summed E-state index contributed by atoms with van der Waals surface area (Å²) in [5.74, 6) is 0.817. The summed E-state index contributed by atoms with van der Waals surface area (Å²) < 4.78 is 5.63. The summed E-state index contributed by atoms with van der Waals surface area (Å²) in [5, 5.41) is 4.85.